The molecule has 0 fully saturated rings. The Morgan fingerprint density at radius 1 is 1.03 bits per heavy atom. The minimum Gasteiger partial charge on any atom is -0.652 e. The first-order valence-electron chi connectivity index (χ1n) is 9.96. The van der Waals surface area contributed by atoms with E-state index in [1.54, 1.807) is 7.11 Å². The first-order valence-corrected chi connectivity index (χ1v) is 9.96. The van der Waals surface area contributed by atoms with Crippen LogP contribution in [0.5, 0.6) is 0 Å². The Balaban J connectivity index is 0.000000602. The molecule has 1 aliphatic heterocycles. The minimum atomic E-state index is 0. The van der Waals surface area contributed by atoms with Crippen molar-refractivity contribution in [2.24, 2.45) is 0 Å². The Morgan fingerprint density at radius 2 is 1.69 bits per heavy atom. The van der Waals surface area contributed by atoms with Crippen molar-refractivity contribution < 1.29 is 47.7 Å². The monoisotopic (exact) mass is 476 g/mol. The summed E-state index contributed by atoms with van der Waals surface area (Å²) in [5.41, 5.74) is 5.66. The van der Waals surface area contributed by atoms with E-state index in [1.807, 2.05) is 6.92 Å². The van der Waals surface area contributed by atoms with E-state index in [4.69, 9.17) is 15.5 Å². The maximum atomic E-state index is 7.96. The molecule has 1 radical (unpaired) electrons. The zero-order chi connectivity index (χ0) is 20.6. The van der Waals surface area contributed by atoms with Gasteiger partial charge in [-0.15, -0.1) is 6.54 Å². The Hall–Kier alpha value is -0.656. The van der Waals surface area contributed by atoms with Crippen LogP contribution in [-0.2, 0) is 50.3 Å². The number of aliphatic hydroxyl groups excluding tert-OH is 2. The van der Waals surface area contributed by atoms with E-state index in [9.17, 15) is 0 Å². The van der Waals surface area contributed by atoms with Crippen molar-refractivity contribution in [3.05, 3.63) is 76.1 Å². The van der Waals surface area contributed by atoms with Gasteiger partial charge in [0.25, 0.3) is 0 Å². The molecule has 2 aromatic carbocycles. The quantitative estimate of drug-likeness (QED) is 0.559. The van der Waals surface area contributed by atoms with Gasteiger partial charge in [-0.25, -0.2) is 0 Å². The summed E-state index contributed by atoms with van der Waals surface area (Å²) in [5, 5.41) is 23.4. The molecule has 0 saturated carbocycles. The topological polar surface area (TPSA) is 75.8 Å². The maximum absolute atomic E-state index is 7.96. The molecule has 3 rings (SSSR count). The van der Waals surface area contributed by atoms with Gasteiger partial charge in [0.2, 0.25) is 0 Å². The van der Waals surface area contributed by atoms with Crippen molar-refractivity contribution in [3.8, 4) is 0 Å². The zero-order valence-corrected chi connectivity index (χ0v) is 20.8. The van der Waals surface area contributed by atoms with Gasteiger partial charge >= 0.3 is 0 Å². The number of nitrogens with one attached hydrogen (secondary N) is 1. The summed E-state index contributed by atoms with van der Waals surface area (Å²) in [4.78, 5) is 0. The van der Waals surface area contributed by atoms with Crippen molar-refractivity contribution >= 4 is 0 Å². The van der Waals surface area contributed by atoms with Crippen LogP contribution in [0.1, 0.15) is 42.1 Å². The van der Waals surface area contributed by atoms with Gasteiger partial charge in [-0.1, -0.05) is 79.5 Å². The van der Waals surface area contributed by atoms with E-state index >= 15 is 0 Å². The number of methoxy groups -OCH3 is 1. The second-order valence-electron chi connectivity index (χ2n) is 6.29. The van der Waals surface area contributed by atoms with Crippen molar-refractivity contribution in [1.82, 2.24) is 5.32 Å². The number of benzene rings is 2. The average molecular weight is 476 g/mol. The van der Waals surface area contributed by atoms with E-state index < -0.39 is 0 Å². The number of nitrogens with zero attached hydrogens (tertiary/aromatic N) is 1. The third kappa shape index (κ3) is 10.3. The summed E-state index contributed by atoms with van der Waals surface area (Å²) < 4.78 is 4.44. The molecule has 0 saturated heterocycles. The standard InChI is InChI=1S/C17H18N.C3H9NO.C3H8O2.Y/c1-2-13-7-3-5-9-15(13)17-16-10-6-4-8-14(16)11-12-18-17;1-2-4-3-5;1-5-3-2-4;/h3-10,17H,2,11-12H2,1H3;4-5H,2-3H2,1H3;4H,2-3H2,1H3;/q-1;;;. The van der Waals surface area contributed by atoms with Gasteiger partial charge in [-0.2, -0.15) is 0 Å². The number of rotatable bonds is 6. The number of fused-ring (bicyclic) bond motifs is 1. The van der Waals surface area contributed by atoms with Gasteiger partial charge < -0.3 is 20.3 Å². The molecule has 0 amide bonds. The van der Waals surface area contributed by atoms with Crippen LogP contribution in [0.15, 0.2) is 48.5 Å². The molecule has 0 spiro atoms. The molecule has 1 aliphatic rings. The summed E-state index contributed by atoms with van der Waals surface area (Å²) in [5.74, 6) is 0. The summed E-state index contributed by atoms with van der Waals surface area (Å²) >= 11 is 0. The van der Waals surface area contributed by atoms with Gasteiger partial charge in [0, 0.05) is 39.8 Å². The van der Waals surface area contributed by atoms with Crippen LogP contribution in [0.3, 0.4) is 0 Å². The predicted molar refractivity (Wildman–Crippen MR) is 116 cm³/mol. The molecule has 29 heavy (non-hydrogen) atoms. The zero-order valence-electron chi connectivity index (χ0n) is 18.0. The average Bonchev–Trinajstić information content (AvgIpc) is 2.75. The normalized spacial score (nSPS) is 14.3. The van der Waals surface area contributed by atoms with Crippen LogP contribution in [0.25, 0.3) is 5.32 Å². The molecule has 6 heteroatoms. The Labute approximate surface area is 201 Å². The fraction of sp³-hybridized carbons (Fsp3) is 0.478. The van der Waals surface area contributed by atoms with Gasteiger partial charge in [0.15, 0.2) is 0 Å². The minimum absolute atomic E-state index is 0. The Kier molecular flexibility index (Phi) is 17.7. The third-order valence-corrected chi connectivity index (χ3v) is 4.43. The molecule has 159 valence electrons. The first-order chi connectivity index (χ1) is 13.7. The number of aliphatic hydroxyl groups is 2. The van der Waals surface area contributed by atoms with Crippen molar-refractivity contribution in [2.45, 2.75) is 32.7 Å². The van der Waals surface area contributed by atoms with Crippen molar-refractivity contribution in [3.63, 3.8) is 0 Å². The van der Waals surface area contributed by atoms with E-state index in [0.29, 0.717) is 6.61 Å². The molecular formula is C23H35N2O3Y-. The summed E-state index contributed by atoms with van der Waals surface area (Å²) in [6.45, 7) is 6.60. The van der Waals surface area contributed by atoms with Crippen LogP contribution in [0.2, 0.25) is 0 Å². The smallest absolute Gasteiger partial charge is 0.0931 e. The number of hydrogen-bond acceptors (Lipinski definition) is 4. The second-order valence-corrected chi connectivity index (χ2v) is 6.29. The molecule has 0 bridgehead atoms. The van der Waals surface area contributed by atoms with Crippen LogP contribution in [0.4, 0.5) is 0 Å². The third-order valence-electron chi connectivity index (χ3n) is 4.43. The Morgan fingerprint density at radius 3 is 2.21 bits per heavy atom. The van der Waals surface area contributed by atoms with Crippen LogP contribution >= 0.6 is 0 Å². The van der Waals surface area contributed by atoms with Gasteiger partial charge in [0.1, 0.15) is 0 Å². The van der Waals surface area contributed by atoms with E-state index in [1.165, 1.54) is 22.3 Å². The van der Waals surface area contributed by atoms with Crippen molar-refractivity contribution in [1.29, 1.82) is 0 Å². The summed E-state index contributed by atoms with van der Waals surface area (Å²) in [6, 6.07) is 17.7. The van der Waals surface area contributed by atoms with Crippen LogP contribution in [0, 0.1) is 0 Å². The van der Waals surface area contributed by atoms with Crippen molar-refractivity contribution in [2.75, 3.05) is 40.1 Å². The molecule has 3 N–H and O–H groups in total. The first kappa shape index (κ1) is 28.3. The van der Waals surface area contributed by atoms with Gasteiger partial charge in [-0.05, 0) is 30.5 Å². The summed E-state index contributed by atoms with van der Waals surface area (Å²) in [7, 11) is 1.55. The van der Waals surface area contributed by atoms with Crippen LogP contribution in [-0.4, -0.2) is 50.4 Å². The number of hydrogen-bond donors (Lipinski definition) is 3. The fourth-order valence-corrected chi connectivity index (χ4v) is 3.03. The Bertz CT molecular complexity index is 646. The van der Waals surface area contributed by atoms with Gasteiger partial charge in [0.05, 0.1) is 19.9 Å². The maximum Gasteiger partial charge on any atom is 0.0931 e. The molecule has 0 aliphatic carbocycles. The second kappa shape index (κ2) is 18.1. The molecule has 2 aromatic rings. The number of aryl methyl sites for hydroxylation is 1. The van der Waals surface area contributed by atoms with E-state index in [-0.39, 0.29) is 52.1 Å². The summed E-state index contributed by atoms with van der Waals surface area (Å²) in [6.07, 6.45) is 2.16. The van der Waals surface area contributed by atoms with Crippen LogP contribution < -0.4 is 5.32 Å². The molecule has 1 heterocycles. The number of ether oxygens (including phenoxy) is 1. The molecule has 1 atom stereocenters. The molecular weight excluding hydrogens is 441 g/mol. The van der Waals surface area contributed by atoms with E-state index in [0.717, 1.165) is 25.9 Å². The predicted octanol–water partition coefficient (Wildman–Crippen LogP) is 3.44. The van der Waals surface area contributed by atoms with Gasteiger partial charge in [-0.3, -0.25) is 5.32 Å². The largest absolute Gasteiger partial charge is 0.652 e. The molecule has 0 aromatic heterocycles. The fourth-order valence-electron chi connectivity index (χ4n) is 3.03. The molecule has 5 nitrogen and oxygen atoms in total. The van der Waals surface area contributed by atoms with E-state index in [2.05, 4.69) is 65.5 Å². The SMILES string of the molecule is CCNCO.CCc1ccccc1C1[N-]CCc2ccccc21.COCCO.[Y]. The molecule has 1 unspecified atom stereocenters.